The zero-order valence-electron chi connectivity index (χ0n) is 12.2. The first-order chi connectivity index (χ1) is 9.97. The summed E-state index contributed by atoms with van der Waals surface area (Å²) in [7, 11) is 1.83. The van der Waals surface area contributed by atoms with Crippen molar-refractivity contribution in [3.05, 3.63) is 35.0 Å². The van der Waals surface area contributed by atoms with E-state index in [0.717, 1.165) is 19.4 Å². The fourth-order valence-electron chi connectivity index (χ4n) is 1.65. The number of nitrogens with one attached hydrogen (secondary N) is 1. The molecule has 0 aliphatic heterocycles. The first-order valence-corrected chi connectivity index (χ1v) is 7.04. The topological polar surface area (TPSA) is 82.2 Å². The number of rotatable bonds is 6. The number of halogens is 1. The van der Waals surface area contributed by atoms with Gasteiger partial charge in [-0.3, -0.25) is 4.79 Å². The largest absolute Gasteiger partial charge is 0.399 e. The van der Waals surface area contributed by atoms with E-state index in [9.17, 15) is 4.79 Å². The summed E-state index contributed by atoms with van der Waals surface area (Å²) in [5.41, 5.74) is 6.55. The fourth-order valence-corrected chi connectivity index (χ4v) is 1.89. The highest BCUT2D eigenvalue weighted by Crippen LogP contribution is 2.24. The van der Waals surface area contributed by atoms with Gasteiger partial charge in [0.1, 0.15) is 11.6 Å². The molecule has 0 aliphatic carbocycles. The van der Waals surface area contributed by atoms with Gasteiger partial charge in [0.25, 0.3) is 5.91 Å². The highest BCUT2D eigenvalue weighted by atomic mass is 35.5. The molecule has 0 unspecified atom stereocenters. The molecule has 0 bridgehead atoms. The van der Waals surface area contributed by atoms with Gasteiger partial charge in [0.05, 0.1) is 10.7 Å². The third-order valence-electron chi connectivity index (χ3n) is 2.82. The van der Waals surface area contributed by atoms with Crippen LogP contribution in [0, 0.1) is 11.3 Å². The molecular formula is C15H19ClN4O. The van der Waals surface area contributed by atoms with Gasteiger partial charge in [-0.25, -0.2) is 0 Å². The van der Waals surface area contributed by atoms with Crippen LogP contribution in [0.5, 0.6) is 0 Å². The molecule has 1 rings (SSSR count). The van der Waals surface area contributed by atoms with Gasteiger partial charge < -0.3 is 16.0 Å². The minimum atomic E-state index is -0.493. The van der Waals surface area contributed by atoms with Crippen molar-refractivity contribution in [2.45, 2.75) is 19.8 Å². The molecule has 5 nitrogen and oxygen atoms in total. The number of carbonyl (C=O) groups is 1. The lowest BCUT2D eigenvalue weighted by atomic mass is 10.2. The van der Waals surface area contributed by atoms with E-state index in [1.165, 1.54) is 6.20 Å². The Hall–Kier alpha value is -2.19. The van der Waals surface area contributed by atoms with Gasteiger partial charge in [0.2, 0.25) is 0 Å². The molecular weight excluding hydrogens is 288 g/mol. The van der Waals surface area contributed by atoms with Crippen LogP contribution in [0.3, 0.4) is 0 Å². The van der Waals surface area contributed by atoms with Crippen molar-refractivity contribution < 1.29 is 4.79 Å². The Bertz CT molecular complexity index is 578. The van der Waals surface area contributed by atoms with E-state index < -0.39 is 5.91 Å². The van der Waals surface area contributed by atoms with Gasteiger partial charge in [-0.05, 0) is 24.6 Å². The molecule has 0 aromatic heterocycles. The standard InChI is InChI=1S/C15H19ClN4O/c1-3-4-7-20(2)10-11(9-17)15(21)19-14-6-5-12(18)8-13(14)16/h5-6,8,10H,3-4,7,18H2,1-2H3,(H,19,21)/b11-10-. The van der Waals surface area contributed by atoms with Gasteiger partial charge in [0, 0.05) is 25.5 Å². The molecule has 0 radical (unpaired) electrons. The second kappa shape index (κ2) is 8.18. The normalized spacial score (nSPS) is 10.9. The lowest BCUT2D eigenvalue weighted by molar-refractivity contribution is -0.112. The SMILES string of the molecule is CCCCN(C)/C=C(/C#N)C(=O)Nc1ccc(N)cc1Cl. The van der Waals surface area contributed by atoms with E-state index in [2.05, 4.69) is 12.2 Å². The average Bonchev–Trinajstić information content (AvgIpc) is 2.45. The van der Waals surface area contributed by atoms with E-state index in [4.69, 9.17) is 22.6 Å². The van der Waals surface area contributed by atoms with Crippen LogP contribution >= 0.6 is 11.6 Å². The predicted molar refractivity (Wildman–Crippen MR) is 85.7 cm³/mol. The molecule has 0 fully saturated rings. The monoisotopic (exact) mass is 306 g/mol. The average molecular weight is 307 g/mol. The zero-order chi connectivity index (χ0) is 15.8. The molecule has 1 aromatic carbocycles. The Balaban J connectivity index is 2.80. The van der Waals surface area contributed by atoms with Gasteiger partial charge in [-0.2, -0.15) is 5.26 Å². The summed E-state index contributed by atoms with van der Waals surface area (Å²) < 4.78 is 0. The van der Waals surface area contributed by atoms with Crippen molar-refractivity contribution in [3.8, 4) is 6.07 Å². The van der Waals surface area contributed by atoms with E-state index >= 15 is 0 Å². The lowest BCUT2D eigenvalue weighted by Crippen LogP contribution is -2.19. The number of benzene rings is 1. The van der Waals surface area contributed by atoms with Gasteiger partial charge in [-0.1, -0.05) is 24.9 Å². The van der Waals surface area contributed by atoms with Crippen LogP contribution in [-0.4, -0.2) is 24.4 Å². The van der Waals surface area contributed by atoms with Crippen LogP contribution < -0.4 is 11.1 Å². The maximum atomic E-state index is 12.1. The van der Waals surface area contributed by atoms with Crippen LogP contribution in [0.2, 0.25) is 5.02 Å². The third-order valence-corrected chi connectivity index (χ3v) is 3.13. The van der Waals surface area contributed by atoms with E-state index in [-0.39, 0.29) is 5.57 Å². The zero-order valence-corrected chi connectivity index (χ0v) is 12.9. The van der Waals surface area contributed by atoms with Crippen molar-refractivity contribution >= 4 is 28.9 Å². The van der Waals surface area contributed by atoms with Crippen LogP contribution in [0.4, 0.5) is 11.4 Å². The molecule has 0 aliphatic rings. The Morgan fingerprint density at radius 3 is 2.86 bits per heavy atom. The number of nitrogen functional groups attached to an aromatic ring is 1. The number of hydrogen-bond acceptors (Lipinski definition) is 4. The van der Waals surface area contributed by atoms with Crippen molar-refractivity contribution in [1.82, 2.24) is 4.90 Å². The van der Waals surface area contributed by atoms with Gasteiger partial charge in [0.15, 0.2) is 0 Å². The predicted octanol–water partition coefficient (Wildman–Crippen LogP) is 3.00. The van der Waals surface area contributed by atoms with E-state index in [1.54, 1.807) is 18.2 Å². The minimum absolute atomic E-state index is 0.0292. The van der Waals surface area contributed by atoms with Gasteiger partial charge in [-0.15, -0.1) is 0 Å². The smallest absolute Gasteiger partial charge is 0.267 e. The van der Waals surface area contributed by atoms with Crippen molar-refractivity contribution in [3.63, 3.8) is 0 Å². The van der Waals surface area contributed by atoms with Crippen molar-refractivity contribution in [2.24, 2.45) is 0 Å². The highest BCUT2D eigenvalue weighted by Gasteiger charge is 2.12. The van der Waals surface area contributed by atoms with Crippen molar-refractivity contribution in [1.29, 1.82) is 5.26 Å². The summed E-state index contributed by atoms with van der Waals surface area (Å²) in [6, 6.07) is 6.67. The van der Waals surface area contributed by atoms with E-state index in [0.29, 0.717) is 16.4 Å². The van der Waals surface area contributed by atoms with Gasteiger partial charge >= 0.3 is 0 Å². The molecule has 0 spiro atoms. The summed E-state index contributed by atoms with van der Waals surface area (Å²) in [5, 5.41) is 12.0. The Morgan fingerprint density at radius 2 is 2.29 bits per heavy atom. The van der Waals surface area contributed by atoms with Crippen LogP contribution in [0.15, 0.2) is 30.0 Å². The second-order valence-corrected chi connectivity index (χ2v) is 5.09. The molecule has 1 amide bonds. The molecule has 0 atom stereocenters. The summed E-state index contributed by atoms with van der Waals surface area (Å²) in [4.78, 5) is 13.9. The number of unbranched alkanes of at least 4 members (excludes halogenated alkanes) is 1. The molecule has 112 valence electrons. The summed E-state index contributed by atoms with van der Waals surface area (Å²) in [5.74, 6) is -0.493. The Labute approximate surface area is 130 Å². The molecule has 3 N–H and O–H groups in total. The number of hydrogen-bond donors (Lipinski definition) is 2. The number of nitriles is 1. The fraction of sp³-hybridized carbons (Fsp3) is 0.333. The first-order valence-electron chi connectivity index (χ1n) is 6.66. The highest BCUT2D eigenvalue weighted by molar-refractivity contribution is 6.34. The second-order valence-electron chi connectivity index (χ2n) is 4.68. The maximum Gasteiger partial charge on any atom is 0.267 e. The first kappa shape index (κ1) is 16.9. The number of nitrogens with two attached hydrogens (primary N) is 1. The molecule has 6 heteroatoms. The van der Waals surface area contributed by atoms with E-state index in [1.807, 2.05) is 18.0 Å². The molecule has 0 heterocycles. The summed E-state index contributed by atoms with van der Waals surface area (Å²) >= 11 is 5.99. The Morgan fingerprint density at radius 1 is 1.57 bits per heavy atom. The molecule has 1 aromatic rings. The van der Waals surface area contributed by atoms with Crippen LogP contribution in [0.1, 0.15) is 19.8 Å². The molecule has 0 saturated heterocycles. The summed E-state index contributed by atoms with van der Waals surface area (Å²) in [6.45, 7) is 2.87. The maximum absolute atomic E-state index is 12.1. The molecule has 0 saturated carbocycles. The lowest BCUT2D eigenvalue weighted by Gasteiger charge is -2.14. The number of nitrogens with zero attached hydrogens (tertiary/aromatic N) is 2. The minimum Gasteiger partial charge on any atom is -0.399 e. The van der Waals surface area contributed by atoms with Crippen molar-refractivity contribution in [2.75, 3.05) is 24.6 Å². The molecule has 21 heavy (non-hydrogen) atoms. The number of anilines is 2. The number of carbonyl (C=O) groups excluding carboxylic acids is 1. The van der Waals surface area contributed by atoms with Crippen LogP contribution in [-0.2, 0) is 4.79 Å². The van der Waals surface area contributed by atoms with Crippen LogP contribution in [0.25, 0.3) is 0 Å². The number of amides is 1. The third kappa shape index (κ3) is 5.36. The Kier molecular flexibility index (Phi) is 6.57. The quantitative estimate of drug-likeness (QED) is 0.481. The summed E-state index contributed by atoms with van der Waals surface area (Å²) in [6.07, 6.45) is 3.58.